The largest absolute Gasteiger partial charge is 0.497 e. The number of rotatable bonds is 6. The van der Waals surface area contributed by atoms with Crippen molar-refractivity contribution in [1.82, 2.24) is 10.2 Å². The van der Waals surface area contributed by atoms with Crippen LogP contribution in [0.1, 0.15) is 24.1 Å². The molecule has 0 radical (unpaired) electrons. The van der Waals surface area contributed by atoms with Crippen molar-refractivity contribution in [3.63, 3.8) is 0 Å². The van der Waals surface area contributed by atoms with Gasteiger partial charge in [-0.15, -0.1) is 0 Å². The van der Waals surface area contributed by atoms with Gasteiger partial charge in [0, 0.05) is 19.2 Å². The highest BCUT2D eigenvalue weighted by Crippen LogP contribution is 2.31. The van der Waals surface area contributed by atoms with E-state index >= 15 is 0 Å². The molecule has 0 aromatic heterocycles. The number of hydrogen-bond donors (Lipinski definition) is 1. The molecule has 0 spiro atoms. The molecule has 1 aliphatic heterocycles. The molecule has 7 heteroatoms. The Morgan fingerprint density at radius 3 is 2.57 bits per heavy atom. The standard InChI is InChI=1S/C21H26N2O5/c1-14(17-12-16(25-3)6-8-18(17)26-4)22-21(24)23(2)13-15-5-7-19-20(11-15)28-10-9-27-19/h5-8,11-12,14H,9-10,13H2,1-4H3,(H,22,24). The monoisotopic (exact) mass is 386 g/mol. The van der Waals surface area contributed by atoms with E-state index in [4.69, 9.17) is 18.9 Å². The Morgan fingerprint density at radius 2 is 1.86 bits per heavy atom. The molecule has 0 bridgehead atoms. The van der Waals surface area contributed by atoms with Gasteiger partial charge in [-0.05, 0) is 42.8 Å². The van der Waals surface area contributed by atoms with E-state index in [1.54, 1.807) is 26.2 Å². The third kappa shape index (κ3) is 4.42. The number of amides is 2. The average Bonchev–Trinajstić information content (AvgIpc) is 2.72. The number of fused-ring (bicyclic) bond motifs is 1. The first-order valence-electron chi connectivity index (χ1n) is 9.14. The van der Waals surface area contributed by atoms with Gasteiger partial charge in [-0.1, -0.05) is 6.07 Å². The molecular weight excluding hydrogens is 360 g/mol. The number of carbonyl (C=O) groups excluding carboxylic acids is 1. The highest BCUT2D eigenvalue weighted by atomic mass is 16.6. The molecule has 28 heavy (non-hydrogen) atoms. The van der Waals surface area contributed by atoms with Crippen LogP contribution in [-0.4, -0.2) is 45.4 Å². The molecule has 0 aliphatic carbocycles. The maximum Gasteiger partial charge on any atom is 0.317 e. The van der Waals surface area contributed by atoms with Gasteiger partial charge in [0.25, 0.3) is 0 Å². The Kier molecular flexibility index (Phi) is 6.13. The third-order valence-electron chi connectivity index (χ3n) is 4.62. The molecule has 1 heterocycles. The van der Waals surface area contributed by atoms with E-state index in [1.165, 1.54) is 0 Å². The van der Waals surface area contributed by atoms with Crippen molar-refractivity contribution >= 4 is 6.03 Å². The van der Waals surface area contributed by atoms with Crippen molar-refractivity contribution in [3.05, 3.63) is 47.5 Å². The van der Waals surface area contributed by atoms with Crippen LogP contribution in [0, 0.1) is 0 Å². The molecule has 1 N–H and O–H groups in total. The van der Waals surface area contributed by atoms with E-state index in [0.717, 1.165) is 16.9 Å². The summed E-state index contributed by atoms with van der Waals surface area (Å²) in [5.74, 6) is 2.86. The number of urea groups is 1. The fourth-order valence-electron chi connectivity index (χ4n) is 3.08. The lowest BCUT2D eigenvalue weighted by Gasteiger charge is -2.24. The van der Waals surface area contributed by atoms with Gasteiger partial charge >= 0.3 is 6.03 Å². The summed E-state index contributed by atoms with van der Waals surface area (Å²) >= 11 is 0. The van der Waals surface area contributed by atoms with E-state index in [2.05, 4.69) is 5.32 Å². The summed E-state index contributed by atoms with van der Waals surface area (Å²) in [6.45, 7) is 3.45. The summed E-state index contributed by atoms with van der Waals surface area (Å²) in [4.78, 5) is 14.3. The van der Waals surface area contributed by atoms with Crippen LogP contribution in [-0.2, 0) is 6.54 Å². The van der Waals surface area contributed by atoms with Gasteiger partial charge < -0.3 is 29.2 Å². The molecule has 1 aliphatic rings. The van der Waals surface area contributed by atoms with E-state index in [1.807, 2.05) is 43.3 Å². The summed E-state index contributed by atoms with van der Waals surface area (Å²) in [5, 5.41) is 3.00. The molecule has 1 atom stereocenters. The van der Waals surface area contributed by atoms with Crippen LogP contribution < -0.4 is 24.3 Å². The van der Waals surface area contributed by atoms with E-state index < -0.39 is 0 Å². The van der Waals surface area contributed by atoms with Crippen LogP contribution in [0.4, 0.5) is 4.79 Å². The quantitative estimate of drug-likeness (QED) is 0.824. The fraction of sp³-hybridized carbons (Fsp3) is 0.381. The number of nitrogens with zero attached hydrogens (tertiary/aromatic N) is 1. The number of carbonyl (C=O) groups is 1. The summed E-state index contributed by atoms with van der Waals surface area (Å²) < 4.78 is 21.8. The average molecular weight is 386 g/mol. The predicted octanol–water partition coefficient (Wildman–Crippen LogP) is 3.38. The maximum absolute atomic E-state index is 12.7. The molecule has 0 saturated carbocycles. The minimum Gasteiger partial charge on any atom is -0.497 e. The van der Waals surface area contributed by atoms with E-state index in [0.29, 0.717) is 37.0 Å². The van der Waals surface area contributed by atoms with Gasteiger partial charge in [0.1, 0.15) is 24.7 Å². The van der Waals surface area contributed by atoms with Crippen LogP contribution in [0.15, 0.2) is 36.4 Å². The van der Waals surface area contributed by atoms with Crippen molar-refractivity contribution < 1.29 is 23.7 Å². The Balaban J connectivity index is 1.65. The first-order valence-corrected chi connectivity index (χ1v) is 9.14. The molecule has 2 aromatic rings. The van der Waals surface area contributed by atoms with Gasteiger partial charge in [0.15, 0.2) is 11.5 Å². The lowest BCUT2D eigenvalue weighted by Crippen LogP contribution is -2.38. The Hall–Kier alpha value is -3.09. The maximum atomic E-state index is 12.7. The lowest BCUT2D eigenvalue weighted by atomic mass is 10.1. The highest BCUT2D eigenvalue weighted by molar-refractivity contribution is 5.74. The SMILES string of the molecule is COc1ccc(OC)c(C(C)NC(=O)N(C)Cc2ccc3c(c2)OCCO3)c1. The number of nitrogens with one attached hydrogen (secondary N) is 1. The van der Waals surface area contributed by atoms with Crippen LogP contribution in [0.3, 0.4) is 0 Å². The van der Waals surface area contributed by atoms with E-state index in [9.17, 15) is 4.79 Å². The second kappa shape index (κ2) is 8.73. The summed E-state index contributed by atoms with van der Waals surface area (Å²) in [5.41, 5.74) is 1.82. The minimum absolute atomic E-state index is 0.188. The Morgan fingerprint density at radius 1 is 1.11 bits per heavy atom. The van der Waals surface area contributed by atoms with Gasteiger partial charge in [0.05, 0.1) is 20.3 Å². The van der Waals surface area contributed by atoms with Gasteiger partial charge in [0.2, 0.25) is 0 Å². The molecule has 1 unspecified atom stereocenters. The summed E-state index contributed by atoms with van der Waals surface area (Å²) in [6.07, 6.45) is 0. The number of methoxy groups -OCH3 is 2. The number of benzene rings is 2. The normalized spacial score (nSPS) is 13.4. The zero-order valence-corrected chi connectivity index (χ0v) is 16.7. The molecule has 3 rings (SSSR count). The molecule has 150 valence electrons. The van der Waals surface area contributed by atoms with Crippen LogP contribution in [0.2, 0.25) is 0 Å². The van der Waals surface area contributed by atoms with Crippen molar-refractivity contribution in [3.8, 4) is 23.0 Å². The molecule has 2 aromatic carbocycles. The van der Waals surface area contributed by atoms with E-state index in [-0.39, 0.29) is 12.1 Å². The Bertz CT molecular complexity index is 840. The van der Waals surface area contributed by atoms with Crippen molar-refractivity contribution in [2.24, 2.45) is 0 Å². The summed E-state index contributed by atoms with van der Waals surface area (Å²) in [6, 6.07) is 10.8. The highest BCUT2D eigenvalue weighted by Gasteiger charge is 2.18. The van der Waals surface area contributed by atoms with Gasteiger partial charge in [-0.3, -0.25) is 0 Å². The molecule has 0 saturated heterocycles. The topological polar surface area (TPSA) is 69.3 Å². The summed E-state index contributed by atoms with van der Waals surface area (Å²) in [7, 11) is 4.96. The number of ether oxygens (including phenoxy) is 4. The van der Waals surface area contributed by atoms with Gasteiger partial charge in [-0.2, -0.15) is 0 Å². The van der Waals surface area contributed by atoms with Crippen molar-refractivity contribution in [2.45, 2.75) is 19.5 Å². The minimum atomic E-state index is -0.250. The molecule has 7 nitrogen and oxygen atoms in total. The zero-order valence-electron chi connectivity index (χ0n) is 16.7. The van der Waals surface area contributed by atoms with Crippen molar-refractivity contribution in [1.29, 1.82) is 0 Å². The number of hydrogen-bond acceptors (Lipinski definition) is 5. The predicted molar refractivity (Wildman–Crippen MR) is 105 cm³/mol. The fourth-order valence-corrected chi connectivity index (χ4v) is 3.08. The lowest BCUT2D eigenvalue weighted by molar-refractivity contribution is 0.171. The molecular formula is C21H26N2O5. The van der Waals surface area contributed by atoms with Gasteiger partial charge in [-0.25, -0.2) is 4.79 Å². The van der Waals surface area contributed by atoms with Crippen molar-refractivity contribution in [2.75, 3.05) is 34.5 Å². The molecule has 2 amide bonds. The van der Waals surface area contributed by atoms with Crippen LogP contribution in [0.5, 0.6) is 23.0 Å². The first-order chi connectivity index (χ1) is 13.5. The Labute approximate surface area is 165 Å². The second-order valence-electron chi connectivity index (χ2n) is 6.61. The second-order valence-corrected chi connectivity index (χ2v) is 6.61. The first kappa shape index (κ1) is 19.7. The smallest absolute Gasteiger partial charge is 0.317 e. The van der Waals surface area contributed by atoms with Crippen LogP contribution in [0.25, 0.3) is 0 Å². The third-order valence-corrected chi connectivity index (χ3v) is 4.62. The zero-order chi connectivity index (χ0) is 20.1. The molecule has 0 fully saturated rings. The van der Waals surface area contributed by atoms with Crippen LogP contribution >= 0.6 is 0 Å².